The molecule has 6 nitrogen and oxygen atoms in total. The third-order valence-electron chi connectivity index (χ3n) is 1.81. The topological polar surface area (TPSA) is 79.0 Å². The highest BCUT2D eigenvalue weighted by Crippen LogP contribution is 2.08. The van der Waals surface area contributed by atoms with E-state index < -0.39 is 11.7 Å². The molecule has 0 aliphatic carbocycles. The van der Waals surface area contributed by atoms with Crippen molar-refractivity contribution in [1.82, 2.24) is 21.0 Å². The van der Waals surface area contributed by atoms with Crippen LogP contribution in [-0.2, 0) is 4.74 Å². The summed E-state index contributed by atoms with van der Waals surface area (Å²) in [6, 6.07) is -0.0359. The van der Waals surface area contributed by atoms with Crippen LogP contribution in [0.4, 0.5) is 4.79 Å². The predicted octanol–water partition coefficient (Wildman–Crippen LogP) is 1.50. The van der Waals surface area contributed by atoms with Crippen LogP contribution in [0.5, 0.6) is 0 Å². The Labute approximate surface area is 94.7 Å². The molecule has 0 aromatic carbocycles. The van der Waals surface area contributed by atoms with E-state index in [4.69, 9.17) is 4.74 Å². The Kier molecular flexibility index (Phi) is 3.89. The van der Waals surface area contributed by atoms with Gasteiger partial charge < -0.3 is 4.74 Å². The van der Waals surface area contributed by atoms with E-state index in [0.29, 0.717) is 0 Å². The summed E-state index contributed by atoms with van der Waals surface area (Å²) < 4.78 is 5.07. The molecular weight excluding hydrogens is 208 g/mol. The molecular formula is C10H18N4O2. The number of hydrogen-bond donors (Lipinski definition) is 3. The van der Waals surface area contributed by atoms with Crippen molar-refractivity contribution >= 4 is 6.09 Å². The fourth-order valence-corrected chi connectivity index (χ4v) is 1.05. The summed E-state index contributed by atoms with van der Waals surface area (Å²) in [5.41, 5.74) is 5.76. The Morgan fingerprint density at radius 2 is 2.25 bits per heavy atom. The third kappa shape index (κ3) is 4.31. The first kappa shape index (κ1) is 12.5. The Morgan fingerprint density at radius 1 is 1.56 bits per heavy atom. The molecule has 1 unspecified atom stereocenters. The number of hydrazine groups is 1. The number of rotatable bonds is 3. The molecule has 90 valence electrons. The highest BCUT2D eigenvalue weighted by molar-refractivity contribution is 5.67. The van der Waals surface area contributed by atoms with Crippen molar-refractivity contribution in [2.24, 2.45) is 0 Å². The number of ether oxygens (including phenoxy) is 1. The number of H-pyrrole nitrogens is 1. The molecule has 6 heteroatoms. The minimum absolute atomic E-state index is 0.0359. The van der Waals surface area contributed by atoms with Crippen LogP contribution in [0, 0.1) is 0 Å². The molecule has 1 amide bonds. The summed E-state index contributed by atoms with van der Waals surface area (Å²) >= 11 is 0. The summed E-state index contributed by atoms with van der Waals surface area (Å²) in [7, 11) is 0. The lowest BCUT2D eigenvalue weighted by atomic mass is 10.2. The third-order valence-corrected chi connectivity index (χ3v) is 1.81. The van der Waals surface area contributed by atoms with Crippen molar-refractivity contribution in [1.29, 1.82) is 0 Å². The van der Waals surface area contributed by atoms with Crippen molar-refractivity contribution < 1.29 is 9.53 Å². The first-order valence-electron chi connectivity index (χ1n) is 5.11. The van der Waals surface area contributed by atoms with Gasteiger partial charge in [0.25, 0.3) is 0 Å². The van der Waals surface area contributed by atoms with E-state index in [1.54, 1.807) is 12.4 Å². The van der Waals surface area contributed by atoms with Crippen LogP contribution < -0.4 is 10.9 Å². The molecule has 3 N–H and O–H groups in total. The molecule has 0 radical (unpaired) electrons. The van der Waals surface area contributed by atoms with Gasteiger partial charge >= 0.3 is 6.09 Å². The van der Waals surface area contributed by atoms with Gasteiger partial charge in [0.1, 0.15) is 5.60 Å². The second-order valence-corrected chi connectivity index (χ2v) is 4.52. The quantitative estimate of drug-likeness (QED) is 0.682. The maximum atomic E-state index is 11.3. The average Bonchev–Trinajstić information content (AvgIpc) is 2.64. The summed E-state index contributed by atoms with van der Waals surface area (Å²) in [6.45, 7) is 7.34. The molecule has 0 bridgehead atoms. The van der Waals surface area contributed by atoms with Crippen LogP contribution >= 0.6 is 0 Å². The van der Waals surface area contributed by atoms with Crippen LogP contribution in [0.1, 0.15) is 39.3 Å². The summed E-state index contributed by atoms with van der Waals surface area (Å²) in [6.07, 6.45) is 2.95. The minimum atomic E-state index is -0.497. The van der Waals surface area contributed by atoms with E-state index in [1.165, 1.54) is 0 Å². The molecule has 0 aliphatic heterocycles. The molecule has 0 saturated heterocycles. The van der Waals surface area contributed by atoms with Gasteiger partial charge in [-0.25, -0.2) is 10.2 Å². The standard InChI is InChI=1S/C10H18N4O2/c1-7(8-5-11-12-6-8)13-14-9(15)16-10(2,3)4/h5-7,13H,1-4H3,(H,11,12)(H,14,15). The zero-order chi connectivity index (χ0) is 12.2. The van der Waals surface area contributed by atoms with Crippen molar-refractivity contribution in [3.8, 4) is 0 Å². The highest BCUT2D eigenvalue weighted by atomic mass is 16.6. The van der Waals surface area contributed by atoms with Gasteiger partial charge in [0.2, 0.25) is 0 Å². The molecule has 1 rings (SSSR count). The zero-order valence-electron chi connectivity index (χ0n) is 10.00. The van der Waals surface area contributed by atoms with Crippen LogP contribution in [0.3, 0.4) is 0 Å². The molecule has 1 aromatic rings. The second kappa shape index (κ2) is 4.98. The minimum Gasteiger partial charge on any atom is -0.443 e. The molecule has 0 aliphatic rings. The number of hydrogen-bond acceptors (Lipinski definition) is 4. The normalized spacial score (nSPS) is 13.2. The Morgan fingerprint density at radius 3 is 2.75 bits per heavy atom. The van der Waals surface area contributed by atoms with Gasteiger partial charge in [0, 0.05) is 11.8 Å². The van der Waals surface area contributed by atoms with E-state index in [2.05, 4.69) is 21.0 Å². The van der Waals surface area contributed by atoms with E-state index in [-0.39, 0.29) is 6.04 Å². The summed E-state index contributed by atoms with van der Waals surface area (Å²) in [5.74, 6) is 0. The molecule has 0 fully saturated rings. The number of aromatic amines is 1. The SMILES string of the molecule is CC(NNC(=O)OC(C)(C)C)c1cn[nH]c1. The van der Waals surface area contributed by atoms with Crippen LogP contribution in [0.25, 0.3) is 0 Å². The zero-order valence-corrected chi connectivity index (χ0v) is 10.00. The van der Waals surface area contributed by atoms with E-state index in [0.717, 1.165) is 5.56 Å². The smallest absolute Gasteiger partial charge is 0.422 e. The number of carbonyl (C=O) groups excluding carboxylic acids is 1. The van der Waals surface area contributed by atoms with Gasteiger partial charge in [0.15, 0.2) is 0 Å². The van der Waals surface area contributed by atoms with E-state index in [9.17, 15) is 4.79 Å². The lowest BCUT2D eigenvalue weighted by molar-refractivity contribution is 0.0489. The Bertz CT molecular complexity index is 329. The first-order valence-corrected chi connectivity index (χ1v) is 5.11. The van der Waals surface area contributed by atoms with E-state index >= 15 is 0 Å². The van der Waals surface area contributed by atoms with Gasteiger partial charge in [-0.15, -0.1) is 0 Å². The van der Waals surface area contributed by atoms with Crippen molar-refractivity contribution in [3.63, 3.8) is 0 Å². The Hall–Kier alpha value is -1.56. The van der Waals surface area contributed by atoms with E-state index in [1.807, 2.05) is 27.7 Å². The predicted molar refractivity (Wildman–Crippen MR) is 59.5 cm³/mol. The van der Waals surface area contributed by atoms with Crippen molar-refractivity contribution in [3.05, 3.63) is 18.0 Å². The maximum absolute atomic E-state index is 11.3. The second-order valence-electron chi connectivity index (χ2n) is 4.52. The van der Waals surface area contributed by atoms with Crippen LogP contribution in [0.2, 0.25) is 0 Å². The van der Waals surface area contributed by atoms with Crippen LogP contribution in [0.15, 0.2) is 12.4 Å². The molecule has 0 spiro atoms. The van der Waals surface area contributed by atoms with Crippen LogP contribution in [-0.4, -0.2) is 21.9 Å². The number of amides is 1. The first-order chi connectivity index (χ1) is 7.38. The van der Waals surface area contributed by atoms with Gasteiger partial charge in [0.05, 0.1) is 12.2 Å². The fourth-order valence-electron chi connectivity index (χ4n) is 1.05. The lowest BCUT2D eigenvalue weighted by Gasteiger charge is -2.21. The van der Waals surface area contributed by atoms with Crippen molar-refractivity contribution in [2.75, 3.05) is 0 Å². The number of aromatic nitrogens is 2. The molecule has 1 heterocycles. The number of nitrogens with one attached hydrogen (secondary N) is 3. The van der Waals surface area contributed by atoms with Gasteiger partial charge in [-0.3, -0.25) is 10.5 Å². The van der Waals surface area contributed by atoms with Crippen molar-refractivity contribution in [2.45, 2.75) is 39.3 Å². The number of nitrogens with zero attached hydrogens (tertiary/aromatic N) is 1. The largest absolute Gasteiger partial charge is 0.443 e. The van der Waals surface area contributed by atoms with Gasteiger partial charge in [-0.05, 0) is 27.7 Å². The molecule has 0 saturated carbocycles. The van der Waals surface area contributed by atoms with Gasteiger partial charge in [-0.2, -0.15) is 5.10 Å². The maximum Gasteiger partial charge on any atom is 0.422 e. The highest BCUT2D eigenvalue weighted by Gasteiger charge is 2.16. The molecule has 16 heavy (non-hydrogen) atoms. The number of carbonyl (C=O) groups is 1. The lowest BCUT2D eigenvalue weighted by Crippen LogP contribution is -2.42. The summed E-state index contributed by atoms with van der Waals surface area (Å²) in [5, 5.41) is 6.52. The Balaban J connectivity index is 2.32. The van der Waals surface area contributed by atoms with Gasteiger partial charge in [-0.1, -0.05) is 0 Å². The fraction of sp³-hybridized carbons (Fsp3) is 0.600. The molecule has 1 atom stereocenters. The average molecular weight is 226 g/mol. The summed E-state index contributed by atoms with van der Waals surface area (Å²) in [4.78, 5) is 11.3. The monoisotopic (exact) mass is 226 g/mol. The molecule has 1 aromatic heterocycles.